The summed E-state index contributed by atoms with van der Waals surface area (Å²) in [6.45, 7) is 0.0162. The zero-order valence-corrected chi connectivity index (χ0v) is 10.6. The Kier molecular flexibility index (Phi) is 3.99. The molecule has 1 amide bonds. The standard InChI is InChI=1S/C13H16F2N2O2/c1-16-12-10(14)6-8(7-11(12)15)13(19)17(4-5-18)9-2-3-9/h6-7,9,16,18H,2-5H2,1H3. The molecular weight excluding hydrogens is 254 g/mol. The van der Waals surface area contributed by atoms with Crippen molar-refractivity contribution in [2.24, 2.45) is 0 Å². The number of aliphatic hydroxyl groups excluding tert-OH is 1. The summed E-state index contributed by atoms with van der Waals surface area (Å²) in [6, 6.07) is 2.11. The van der Waals surface area contributed by atoms with Crippen molar-refractivity contribution >= 4 is 11.6 Å². The number of carbonyl (C=O) groups excluding carboxylic acids is 1. The molecule has 1 aliphatic rings. The number of anilines is 1. The Morgan fingerprint density at radius 3 is 2.42 bits per heavy atom. The van der Waals surface area contributed by atoms with Gasteiger partial charge in [0, 0.05) is 25.2 Å². The van der Waals surface area contributed by atoms with Gasteiger partial charge >= 0.3 is 0 Å². The van der Waals surface area contributed by atoms with Crippen molar-refractivity contribution in [1.82, 2.24) is 4.90 Å². The number of hydrogen-bond acceptors (Lipinski definition) is 3. The maximum atomic E-state index is 13.6. The van der Waals surface area contributed by atoms with Crippen molar-refractivity contribution in [3.05, 3.63) is 29.3 Å². The van der Waals surface area contributed by atoms with Gasteiger partial charge in [-0.1, -0.05) is 0 Å². The molecule has 6 heteroatoms. The van der Waals surface area contributed by atoms with Gasteiger partial charge in [-0.2, -0.15) is 0 Å². The number of nitrogens with one attached hydrogen (secondary N) is 1. The lowest BCUT2D eigenvalue weighted by molar-refractivity contribution is 0.0706. The van der Waals surface area contributed by atoms with Crippen LogP contribution < -0.4 is 5.32 Å². The lowest BCUT2D eigenvalue weighted by Gasteiger charge is -2.21. The summed E-state index contributed by atoms with van der Waals surface area (Å²) in [4.78, 5) is 13.6. The molecule has 0 saturated heterocycles. The molecule has 0 aliphatic heterocycles. The topological polar surface area (TPSA) is 52.6 Å². The van der Waals surface area contributed by atoms with Crippen LogP contribution in [0.4, 0.5) is 14.5 Å². The number of hydrogen-bond donors (Lipinski definition) is 2. The molecule has 1 aromatic carbocycles. The molecule has 0 unspecified atom stereocenters. The van der Waals surface area contributed by atoms with E-state index in [-0.39, 0.29) is 30.4 Å². The fraction of sp³-hybridized carbons (Fsp3) is 0.462. The average Bonchev–Trinajstić information content (AvgIpc) is 3.19. The SMILES string of the molecule is CNc1c(F)cc(C(=O)N(CCO)C2CC2)cc1F. The zero-order chi connectivity index (χ0) is 14.0. The van der Waals surface area contributed by atoms with Crippen LogP contribution in [0.25, 0.3) is 0 Å². The van der Waals surface area contributed by atoms with Gasteiger partial charge < -0.3 is 15.3 Å². The number of amides is 1. The van der Waals surface area contributed by atoms with Gasteiger partial charge in [0.2, 0.25) is 0 Å². The molecule has 2 rings (SSSR count). The average molecular weight is 270 g/mol. The van der Waals surface area contributed by atoms with Crippen molar-refractivity contribution in [3.63, 3.8) is 0 Å². The molecule has 4 nitrogen and oxygen atoms in total. The molecular formula is C13H16F2N2O2. The van der Waals surface area contributed by atoms with E-state index in [4.69, 9.17) is 5.11 Å². The third kappa shape index (κ3) is 2.84. The molecule has 104 valence electrons. The zero-order valence-electron chi connectivity index (χ0n) is 10.6. The molecule has 1 fully saturated rings. The van der Waals surface area contributed by atoms with E-state index >= 15 is 0 Å². The van der Waals surface area contributed by atoms with Crippen LogP contribution in [0.5, 0.6) is 0 Å². The molecule has 0 radical (unpaired) electrons. The van der Waals surface area contributed by atoms with E-state index in [0.29, 0.717) is 0 Å². The summed E-state index contributed by atoms with van der Waals surface area (Å²) in [5, 5.41) is 11.4. The second-order valence-corrected chi connectivity index (χ2v) is 4.52. The summed E-state index contributed by atoms with van der Waals surface area (Å²) < 4.78 is 27.2. The highest BCUT2D eigenvalue weighted by Gasteiger charge is 2.33. The summed E-state index contributed by atoms with van der Waals surface area (Å²) in [5.41, 5.74) is -0.286. The second-order valence-electron chi connectivity index (χ2n) is 4.52. The fourth-order valence-corrected chi connectivity index (χ4v) is 2.05. The second kappa shape index (κ2) is 5.52. The molecule has 1 saturated carbocycles. The highest BCUT2D eigenvalue weighted by atomic mass is 19.1. The number of aliphatic hydroxyl groups is 1. The Morgan fingerprint density at radius 1 is 1.42 bits per heavy atom. The predicted octanol–water partition coefficient (Wildman–Crippen LogP) is 1.60. The van der Waals surface area contributed by atoms with Crippen molar-refractivity contribution in [2.45, 2.75) is 18.9 Å². The number of halogens is 2. The summed E-state index contributed by atoms with van der Waals surface area (Å²) in [7, 11) is 1.41. The Morgan fingerprint density at radius 2 is 2.00 bits per heavy atom. The molecule has 0 heterocycles. The van der Waals surface area contributed by atoms with E-state index in [9.17, 15) is 13.6 Å². The number of rotatable bonds is 5. The Bertz CT molecular complexity index is 467. The molecule has 0 aromatic heterocycles. The first-order valence-electron chi connectivity index (χ1n) is 6.17. The van der Waals surface area contributed by atoms with E-state index in [1.165, 1.54) is 11.9 Å². The maximum Gasteiger partial charge on any atom is 0.254 e. The van der Waals surface area contributed by atoms with Crippen molar-refractivity contribution < 1.29 is 18.7 Å². The van der Waals surface area contributed by atoms with E-state index in [0.717, 1.165) is 25.0 Å². The highest BCUT2D eigenvalue weighted by Crippen LogP contribution is 2.29. The van der Waals surface area contributed by atoms with Crippen LogP contribution in [0.1, 0.15) is 23.2 Å². The van der Waals surface area contributed by atoms with Gasteiger partial charge in [-0.15, -0.1) is 0 Å². The Labute approximate surface area is 110 Å². The smallest absolute Gasteiger partial charge is 0.254 e. The van der Waals surface area contributed by atoms with Crippen LogP contribution >= 0.6 is 0 Å². The van der Waals surface area contributed by atoms with Crippen LogP contribution in [0.3, 0.4) is 0 Å². The minimum atomic E-state index is -0.800. The normalized spacial score (nSPS) is 14.3. The van der Waals surface area contributed by atoms with E-state index in [1.807, 2.05) is 0 Å². The summed E-state index contributed by atoms with van der Waals surface area (Å²) in [6.07, 6.45) is 1.73. The highest BCUT2D eigenvalue weighted by molar-refractivity contribution is 5.95. The first-order chi connectivity index (χ1) is 9.08. The molecule has 0 atom stereocenters. The van der Waals surface area contributed by atoms with Gasteiger partial charge in [-0.05, 0) is 25.0 Å². The molecule has 0 spiro atoms. The van der Waals surface area contributed by atoms with Crippen LogP contribution in [0.2, 0.25) is 0 Å². The van der Waals surface area contributed by atoms with Gasteiger partial charge in [-0.25, -0.2) is 8.78 Å². The minimum absolute atomic E-state index is 0.0330. The number of benzene rings is 1. The number of nitrogens with zero attached hydrogens (tertiary/aromatic N) is 1. The quantitative estimate of drug-likeness (QED) is 0.854. The van der Waals surface area contributed by atoms with Crippen molar-refractivity contribution in [2.75, 3.05) is 25.5 Å². The van der Waals surface area contributed by atoms with Crippen LogP contribution in [-0.2, 0) is 0 Å². The van der Waals surface area contributed by atoms with Gasteiger partial charge in [0.1, 0.15) is 17.3 Å². The van der Waals surface area contributed by atoms with E-state index in [1.54, 1.807) is 0 Å². The third-order valence-electron chi connectivity index (χ3n) is 3.13. The van der Waals surface area contributed by atoms with E-state index < -0.39 is 17.5 Å². The Hall–Kier alpha value is -1.69. The van der Waals surface area contributed by atoms with Crippen LogP contribution in [0.15, 0.2) is 12.1 Å². The van der Waals surface area contributed by atoms with Gasteiger partial charge in [0.05, 0.1) is 6.61 Å². The van der Waals surface area contributed by atoms with Gasteiger partial charge in [0.25, 0.3) is 5.91 Å². The van der Waals surface area contributed by atoms with Crippen molar-refractivity contribution in [3.8, 4) is 0 Å². The lowest BCUT2D eigenvalue weighted by Crippen LogP contribution is -2.35. The number of carbonyl (C=O) groups is 1. The summed E-state index contributed by atoms with van der Waals surface area (Å²) in [5.74, 6) is -2.05. The molecule has 1 aromatic rings. The molecule has 0 bridgehead atoms. The molecule has 2 N–H and O–H groups in total. The fourth-order valence-electron chi connectivity index (χ4n) is 2.05. The largest absolute Gasteiger partial charge is 0.395 e. The molecule has 1 aliphatic carbocycles. The van der Waals surface area contributed by atoms with Gasteiger partial charge in [-0.3, -0.25) is 4.79 Å². The van der Waals surface area contributed by atoms with Crippen molar-refractivity contribution in [1.29, 1.82) is 0 Å². The monoisotopic (exact) mass is 270 g/mol. The Balaban J connectivity index is 2.27. The molecule has 19 heavy (non-hydrogen) atoms. The van der Waals surface area contributed by atoms with E-state index in [2.05, 4.69) is 5.32 Å². The van der Waals surface area contributed by atoms with Gasteiger partial charge in [0.15, 0.2) is 0 Å². The van der Waals surface area contributed by atoms with Crippen LogP contribution in [0, 0.1) is 11.6 Å². The first kappa shape index (κ1) is 13.7. The summed E-state index contributed by atoms with van der Waals surface area (Å²) >= 11 is 0. The third-order valence-corrected chi connectivity index (χ3v) is 3.13. The van der Waals surface area contributed by atoms with Crippen LogP contribution in [-0.4, -0.2) is 42.2 Å². The maximum absolute atomic E-state index is 13.6. The lowest BCUT2D eigenvalue weighted by atomic mass is 10.1. The minimum Gasteiger partial charge on any atom is -0.395 e. The first-order valence-corrected chi connectivity index (χ1v) is 6.17. The predicted molar refractivity (Wildman–Crippen MR) is 67.0 cm³/mol.